The first kappa shape index (κ1) is 45.2. The van der Waals surface area contributed by atoms with Crippen LogP contribution in [0.4, 0.5) is 8.78 Å². The van der Waals surface area contributed by atoms with E-state index >= 15 is 0 Å². The van der Waals surface area contributed by atoms with Gasteiger partial charge in [-0.2, -0.15) is 0 Å². The highest BCUT2D eigenvalue weighted by Gasteiger charge is 2.55. The van der Waals surface area contributed by atoms with E-state index in [2.05, 4.69) is 10.6 Å². The van der Waals surface area contributed by atoms with Crippen LogP contribution in [-0.2, 0) is 33.2 Å². The molecule has 0 aromatic heterocycles. The quantitative estimate of drug-likeness (QED) is 0.0645. The number of carbonyl (C=O) groups excluding carboxylic acids is 1. The molecular weight excluding hydrogens is 740 g/mol. The monoisotopic (exact) mass is 795 g/mol. The van der Waals surface area contributed by atoms with Crippen molar-refractivity contribution in [2.24, 2.45) is 28.7 Å². The SMILES string of the molecule is NC[C@@H]1O[C@H](O[C@H]2[C@@H](O)[C@H](O[C@@H]3[C@@H](O)[C@H](NC(=O)C(O)C(F)(F)CN)C[C@H](N)[C@H]3O[C@H]3O[C@H](CNCCO)[C@@H](O)[C@H](O)[C@H]3N)O[C@@H]2CO)[C@H](N)[C@@H](O)[C@@H]1O. The molecule has 25 heteroatoms. The molecule has 0 aromatic rings. The average Bonchev–Trinajstić information content (AvgIpc) is 3.44. The van der Waals surface area contributed by atoms with Gasteiger partial charge in [-0.25, -0.2) is 8.78 Å². The van der Waals surface area contributed by atoms with Crippen LogP contribution in [0.15, 0.2) is 0 Å². The van der Waals surface area contributed by atoms with Gasteiger partial charge >= 0.3 is 0 Å². The van der Waals surface area contributed by atoms with Gasteiger partial charge in [0.15, 0.2) is 25.0 Å². The summed E-state index contributed by atoms with van der Waals surface area (Å²) in [7, 11) is 0. The van der Waals surface area contributed by atoms with Gasteiger partial charge < -0.3 is 114 Å². The molecule has 0 radical (unpaired) electrons. The topological polar surface area (TPSA) is 409 Å². The fourth-order valence-electron chi connectivity index (χ4n) is 6.71. The van der Waals surface area contributed by atoms with Crippen molar-refractivity contribution in [1.29, 1.82) is 0 Å². The van der Waals surface area contributed by atoms with Gasteiger partial charge in [0.25, 0.3) is 11.8 Å². The summed E-state index contributed by atoms with van der Waals surface area (Å²) < 4.78 is 63.0. The lowest BCUT2D eigenvalue weighted by Gasteiger charge is -2.48. The second kappa shape index (κ2) is 19.3. The second-order valence-corrected chi connectivity index (χ2v) is 13.8. The smallest absolute Gasteiger partial charge is 0.294 e. The van der Waals surface area contributed by atoms with E-state index in [1.54, 1.807) is 0 Å². The number of carbonyl (C=O) groups is 1. The second-order valence-electron chi connectivity index (χ2n) is 13.8. The lowest BCUT2D eigenvalue weighted by atomic mass is 9.83. The normalized spacial score (nSPS) is 45.3. The Morgan fingerprint density at radius 2 is 1.30 bits per heavy atom. The number of nitrogens with two attached hydrogens (primary N) is 5. The third-order valence-corrected chi connectivity index (χ3v) is 9.98. The fourth-order valence-corrected chi connectivity index (χ4v) is 6.71. The van der Waals surface area contributed by atoms with Gasteiger partial charge in [-0.1, -0.05) is 0 Å². The van der Waals surface area contributed by atoms with Crippen LogP contribution in [0.3, 0.4) is 0 Å². The van der Waals surface area contributed by atoms with Crippen molar-refractivity contribution in [3.63, 3.8) is 0 Å². The van der Waals surface area contributed by atoms with Crippen LogP contribution in [0.1, 0.15) is 6.42 Å². The maximum absolute atomic E-state index is 14.1. The van der Waals surface area contributed by atoms with E-state index in [1.807, 2.05) is 0 Å². The molecule has 54 heavy (non-hydrogen) atoms. The van der Waals surface area contributed by atoms with Crippen molar-refractivity contribution in [3.05, 3.63) is 0 Å². The first-order valence-electron chi connectivity index (χ1n) is 17.4. The third-order valence-electron chi connectivity index (χ3n) is 9.98. The number of amides is 1. The number of aliphatic hydroxyl groups is 9. The van der Waals surface area contributed by atoms with Crippen molar-refractivity contribution in [2.75, 3.05) is 39.4 Å². The molecule has 1 amide bonds. The van der Waals surface area contributed by atoms with E-state index in [-0.39, 0.29) is 26.2 Å². The first-order chi connectivity index (χ1) is 25.4. The minimum Gasteiger partial charge on any atom is -0.395 e. The predicted octanol–water partition coefficient (Wildman–Crippen LogP) is -10.2. The van der Waals surface area contributed by atoms with Crippen LogP contribution < -0.4 is 39.3 Å². The molecule has 0 spiro atoms. The van der Waals surface area contributed by atoms with Crippen molar-refractivity contribution < 1.29 is 88.0 Å². The van der Waals surface area contributed by atoms with Gasteiger partial charge in [0, 0.05) is 25.7 Å². The van der Waals surface area contributed by atoms with Gasteiger partial charge in [-0.3, -0.25) is 4.79 Å². The van der Waals surface area contributed by atoms with Gasteiger partial charge in [0.05, 0.1) is 37.9 Å². The number of ether oxygens (including phenoxy) is 6. The van der Waals surface area contributed by atoms with Crippen LogP contribution in [0.25, 0.3) is 0 Å². The maximum atomic E-state index is 14.1. The Bertz CT molecular complexity index is 1200. The largest absolute Gasteiger partial charge is 0.395 e. The van der Waals surface area contributed by atoms with Crippen molar-refractivity contribution in [3.8, 4) is 0 Å². The number of alkyl halides is 2. The number of hydrogen-bond acceptors (Lipinski definition) is 22. The van der Waals surface area contributed by atoms with Crippen LogP contribution in [0, 0.1) is 0 Å². The summed E-state index contributed by atoms with van der Waals surface area (Å²) in [6.45, 7) is -2.68. The van der Waals surface area contributed by atoms with E-state index in [1.165, 1.54) is 0 Å². The minimum atomic E-state index is -4.05. The molecule has 3 saturated heterocycles. The van der Waals surface area contributed by atoms with Gasteiger partial charge in [0.2, 0.25) is 0 Å². The molecule has 0 bridgehead atoms. The van der Waals surface area contributed by atoms with Crippen LogP contribution in [0.2, 0.25) is 0 Å². The minimum absolute atomic E-state index is 0.0864. The highest BCUT2D eigenvalue weighted by molar-refractivity contribution is 5.82. The maximum Gasteiger partial charge on any atom is 0.294 e. The van der Waals surface area contributed by atoms with Gasteiger partial charge in [-0.05, 0) is 6.42 Å². The van der Waals surface area contributed by atoms with E-state index in [0.29, 0.717) is 0 Å². The van der Waals surface area contributed by atoms with E-state index in [0.717, 1.165) is 0 Å². The van der Waals surface area contributed by atoms with Crippen molar-refractivity contribution in [1.82, 2.24) is 10.6 Å². The molecule has 4 aliphatic rings. The third kappa shape index (κ3) is 9.77. The zero-order valence-corrected chi connectivity index (χ0v) is 29.0. The molecule has 23 nitrogen and oxygen atoms in total. The fraction of sp³-hybridized carbons (Fsp3) is 0.966. The highest BCUT2D eigenvalue weighted by Crippen LogP contribution is 2.35. The number of nitrogens with one attached hydrogen (secondary N) is 2. The summed E-state index contributed by atoms with van der Waals surface area (Å²) in [5, 5.41) is 98.8. The Hall–Kier alpha value is -1.51. The van der Waals surface area contributed by atoms with E-state index < -0.39 is 154 Å². The Kier molecular flexibility index (Phi) is 16.1. The molecule has 21 N–H and O–H groups in total. The van der Waals surface area contributed by atoms with E-state index in [4.69, 9.17) is 62.2 Å². The molecule has 3 aliphatic heterocycles. The molecule has 316 valence electrons. The Balaban J connectivity index is 1.59. The lowest BCUT2D eigenvalue weighted by molar-refractivity contribution is -0.308. The lowest BCUT2D eigenvalue weighted by Crippen LogP contribution is -2.69. The molecule has 1 aliphatic carbocycles. The van der Waals surface area contributed by atoms with E-state index in [9.17, 15) is 54.4 Å². The number of hydrogen-bond donors (Lipinski definition) is 16. The molecule has 4 rings (SSSR count). The Labute approximate surface area is 307 Å². The van der Waals surface area contributed by atoms with Crippen LogP contribution >= 0.6 is 0 Å². The van der Waals surface area contributed by atoms with Crippen LogP contribution in [0.5, 0.6) is 0 Å². The molecular formula is C29H55F2N7O16. The predicted molar refractivity (Wildman–Crippen MR) is 173 cm³/mol. The highest BCUT2D eigenvalue weighted by atomic mass is 19.3. The standard InChI is InChI=1S/C29H55F2N7O16/c30-29(31,7-33)24(47)25(48)38-9-3-8(34)21(52-27-14(36)19(45)17(43)11(50-27)5-37-1-2-39)23(15(9)41)54-28-20(46)22(12(6-40)51-28)53-26-13(35)18(44)16(42)10(4-32)49-26/h8-24,26-28,37,39-47H,1-7,32-36H2,(H,38,48)/t8-,9+,10-,11+,12+,13+,14+,15-,16+,17+,18+,19+,20+,21+,22+,23+,24?,26+,27+,28-/m0/s1. The number of rotatable bonds is 16. The molecule has 1 saturated carbocycles. The summed E-state index contributed by atoms with van der Waals surface area (Å²) in [5.74, 6) is -5.67. The molecule has 0 aromatic carbocycles. The zero-order valence-electron chi connectivity index (χ0n) is 29.0. The summed E-state index contributed by atoms with van der Waals surface area (Å²) in [5.41, 5.74) is 29.1. The molecule has 20 atom stereocenters. The summed E-state index contributed by atoms with van der Waals surface area (Å²) in [6.07, 6.45) is -26.6. The first-order valence-corrected chi connectivity index (χ1v) is 17.4. The van der Waals surface area contributed by atoms with Crippen molar-refractivity contribution in [2.45, 2.75) is 135 Å². The van der Waals surface area contributed by atoms with Gasteiger partial charge in [0.1, 0.15) is 73.2 Å². The average molecular weight is 796 g/mol. The van der Waals surface area contributed by atoms with Crippen molar-refractivity contribution >= 4 is 5.91 Å². The Morgan fingerprint density at radius 1 is 0.759 bits per heavy atom. The molecule has 1 unspecified atom stereocenters. The summed E-state index contributed by atoms with van der Waals surface area (Å²) >= 11 is 0. The molecule has 3 heterocycles. The van der Waals surface area contributed by atoms with Crippen LogP contribution in [-0.4, -0.2) is 220 Å². The number of halogens is 2. The number of aliphatic hydroxyl groups excluding tert-OH is 9. The summed E-state index contributed by atoms with van der Waals surface area (Å²) in [4.78, 5) is 12.7. The van der Waals surface area contributed by atoms with Gasteiger partial charge in [-0.15, -0.1) is 0 Å². The Morgan fingerprint density at radius 3 is 1.85 bits per heavy atom. The zero-order chi connectivity index (χ0) is 40.2. The molecule has 4 fully saturated rings. The summed E-state index contributed by atoms with van der Waals surface area (Å²) in [6, 6.07) is -5.59.